The number of thioether (sulfide) groups is 1. The van der Waals surface area contributed by atoms with Gasteiger partial charge in [0, 0.05) is 30.2 Å². The second-order valence-electron chi connectivity index (χ2n) is 6.63. The Hall–Kier alpha value is -2.02. The van der Waals surface area contributed by atoms with Gasteiger partial charge in [0.2, 0.25) is 5.91 Å². The lowest BCUT2D eigenvalue weighted by Gasteiger charge is -2.15. The number of hydrogen-bond acceptors (Lipinski definition) is 4. The highest BCUT2D eigenvalue weighted by Crippen LogP contribution is 2.18. The number of amides is 4. The zero-order valence-corrected chi connectivity index (χ0v) is 15.7. The van der Waals surface area contributed by atoms with Crippen LogP contribution < -0.4 is 10.6 Å². The van der Waals surface area contributed by atoms with E-state index in [0.717, 1.165) is 5.75 Å². The van der Waals surface area contributed by atoms with Crippen LogP contribution in [0.4, 0.5) is 4.79 Å². The number of rotatable bonds is 8. The highest BCUT2D eigenvalue weighted by Gasteiger charge is 2.43. The van der Waals surface area contributed by atoms with Crippen molar-refractivity contribution in [3.05, 3.63) is 29.8 Å². The number of nitrogens with zero attached hydrogens (tertiary/aromatic N) is 1. The summed E-state index contributed by atoms with van der Waals surface area (Å²) < 4.78 is 0. The fraction of sp³-hybridized carbons (Fsp3) is 0.500. The maximum absolute atomic E-state index is 12.0. The van der Waals surface area contributed by atoms with Crippen molar-refractivity contribution in [1.82, 2.24) is 15.5 Å². The minimum Gasteiger partial charge on any atom is -0.355 e. The first kappa shape index (κ1) is 19.3. The zero-order chi connectivity index (χ0) is 18.4. The van der Waals surface area contributed by atoms with Gasteiger partial charge in [0.25, 0.3) is 5.91 Å². The molecule has 1 aromatic carbocycles. The van der Waals surface area contributed by atoms with Crippen LogP contribution in [-0.2, 0) is 9.59 Å². The van der Waals surface area contributed by atoms with Gasteiger partial charge in [-0.25, -0.2) is 4.79 Å². The molecule has 0 bridgehead atoms. The van der Waals surface area contributed by atoms with E-state index < -0.39 is 5.54 Å². The molecule has 0 aromatic heterocycles. The molecule has 0 aliphatic carbocycles. The van der Waals surface area contributed by atoms with Crippen molar-refractivity contribution in [2.45, 2.75) is 44.0 Å². The number of imide groups is 1. The molecule has 2 N–H and O–H groups in total. The second kappa shape index (κ2) is 8.38. The number of benzene rings is 1. The molecule has 1 aliphatic heterocycles. The van der Waals surface area contributed by atoms with Gasteiger partial charge >= 0.3 is 6.03 Å². The van der Waals surface area contributed by atoms with Crippen LogP contribution in [0.2, 0.25) is 0 Å². The molecular formula is C18H25N3O3S. The van der Waals surface area contributed by atoms with Crippen molar-refractivity contribution in [2.24, 2.45) is 0 Å². The Kier molecular flexibility index (Phi) is 6.47. The molecule has 1 aliphatic rings. The van der Waals surface area contributed by atoms with Gasteiger partial charge in [0.15, 0.2) is 0 Å². The van der Waals surface area contributed by atoms with Crippen molar-refractivity contribution in [1.29, 1.82) is 0 Å². The van der Waals surface area contributed by atoms with Crippen LogP contribution in [0.3, 0.4) is 0 Å². The molecule has 1 saturated heterocycles. The SMILES string of the molecule is Cc1ccc(SCCNC(=O)CCCN2C(=O)NC(C)(C)C2=O)cc1. The van der Waals surface area contributed by atoms with Gasteiger partial charge in [-0.1, -0.05) is 17.7 Å². The summed E-state index contributed by atoms with van der Waals surface area (Å²) in [5.41, 5.74) is 0.373. The summed E-state index contributed by atoms with van der Waals surface area (Å²) in [7, 11) is 0. The lowest BCUT2D eigenvalue weighted by Crippen LogP contribution is -2.40. The molecule has 0 radical (unpaired) electrons. The van der Waals surface area contributed by atoms with Gasteiger partial charge in [-0.05, 0) is 39.3 Å². The average Bonchev–Trinajstić information content (AvgIpc) is 2.75. The van der Waals surface area contributed by atoms with Crippen LogP contribution in [0.15, 0.2) is 29.2 Å². The van der Waals surface area contributed by atoms with E-state index in [-0.39, 0.29) is 24.4 Å². The minimum atomic E-state index is -0.855. The monoisotopic (exact) mass is 363 g/mol. The normalized spacial score (nSPS) is 16.0. The summed E-state index contributed by atoms with van der Waals surface area (Å²) in [4.78, 5) is 38.0. The first-order chi connectivity index (χ1) is 11.8. The standard InChI is InChI=1S/C18H25N3O3S/c1-13-6-8-14(9-7-13)25-12-10-19-15(22)5-4-11-21-16(23)18(2,3)20-17(21)24/h6-9H,4-5,10-12H2,1-3H3,(H,19,22)(H,20,24). The third-order valence-corrected chi connectivity index (χ3v) is 4.96. The lowest BCUT2D eigenvalue weighted by atomic mass is 10.1. The van der Waals surface area contributed by atoms with Gasteiger partial charge in [0.1, 0.15) is 5.54 Å². The van der Waals surface area contributed by atoms with E-state index in [4.69, 9.17) is 0 Å². The molecule has 25 heavy (non-hydrogen) atoms. The van der Waals surface area contributed by atoms with E-state index in [2.05, 4.69) is 41.8 Å². The number of nitrogens with one attached hydrogen (secondary N) is 2. The predicted octanol–water partition coefficient (Wildman–Crippen LogP) is 2.31. The summed E-state index contributed by atoms with van der Waals surface area (Å²) in [6.45, 7) is 6.25. The first-order valence-corrected chi connectivity index (χ1v) is 9.38. The lowest BCUT2D eigenvalue weighted by molar-refractivity contribution is -0.130. The van der Waals surface area contributed by atoms with Crippen LogP contribution in [0.25, 0.3) is 0 Å². The van der Waals surface area contributed by atoms with Crippen LogP contribution in [0, 0.1) is 6.92 Å². The smallest absolute Gasteiger partial charge is 0.325 e. The Balaban J connectivity index is 1.60. The first-order valence-electron chi connectivity index (χ1n) is 8.40. The Morgan fingerprint density at radius 2 is 1.92 bits per heavy atom. The van der Waals surface area contributed by atoms with E-state index in [1.54, 1.807) is 25.6 Å². The fourth-order valence-electron chi connectivity index (χ4n) is 2.50. The van der Waals surface area contributed by atoms with E-state index in [9.17, 15) is 14.4 Å². The molecule has 0 spiro atoms. The van der Waals surface area contributed by atoms with Crippen LogP contribution in [0.5, 0.6) is 0 Å². The summed E-state index contributed by atoms with van der Waals surface area (Å²) >= 11 is 1.70. The third-order valence-electron chi connectivity index (χ3n) is 3.94. The molecule has 7 heteroatoms. The summed E-state index contributed by atoms with van der Waals surface area (Å²) in [5, 5.41) is 5.49. The number of carbonyl (C=O) groups excluding carboxylic acids is 3. The molecule has 1 aromatic rings. The number of aryl methyl sites for hydroxylation is 1. The van der Waals surface area contributed by atoms with Crippen LogP contribution in [0.1, 0.15) is 32.3 Å². The molecule has 1 heterocycles. The van der Waals surface area contributed by atoms with Gasteiger partial charge < -0.3 is 10.6 Å². The molecule has 0 unspecified atom stereocenters. The Morgan fingerprint density at radius 3 is 2.52 bits per heavy atom. The summed E-state index contributed by atoms with van der Waals surface area (Å²) in [6.07, 6.45) is 0.763. The number of urea groups is 1. The highest BCUT2D eigenvalue weighted by molar-refractivity contribution is 7.99. The fourth-order valence-corrected chi connectivity index (χ4v) is 3.27. The topological polar surface area (TPSA) is 78.5 Å². The van der Waals surface area contributed by atoms with E-state index >= 15 is 0 Å². The molecule has 1 fully saturated rings. The Morgan fingerprint density at radius 1 is 1.24 bits per heavy atom. The number of carbonyl (C=O) groups is 3. The Labute approximate surface area is 152 Å². The largest absolute Gasteiger partial charge is 0.355 e. The summed E-state index contributed by atoms with van der Waals surface area (Å²) in [5.74, 6) is 0.499. The van der Waals surface area contributed by atoms with Gasteiger partial charge in [0.05, 0.1) is 0 Å². The van der Waals surface area contributed by atoms with Gasteiger partial charge in [-0.3, -0.25) is 14.5 Å². The second-order valence-corrected chi connectivity index (χ2v) is 7.80. The zero-order valence-electron chi connectivity index (χ0n) is 14.9. The van der Waals surface area contributed by atoms with Crippen molar-refractivity contribution in [3.8, 4) is 0 Å². The van der Waals surface area contributed by atoms with Crippen LogP contribution in [-0.4, -0.2) is 47.1 Å². The predicted molar refractivity (Wildman–Crippen MR) is 98.5 cm³/mol. The average molecular weight is 363 g/mol. The molecule has 4 amide bonds. The van der Waals surface area contributed by atoms with Crippen molar-refractivity contribution < 1.29 is 14.4 Å². The molecule has 136 valence electrons. The maximum Gasteiger partial charge on any atom is 0.325 e. The van der Waals surface area contributed by atoms with E-state index in [0.29, 0.717) is 19.4 Å². The van der Waals surface area contributed by atoms with E-state index in [1.165, 1.54) is 15.4 Å². The molecule has 2 rings (SSSR count). The molecule has 0 saturated carbocycles. The molecule has 6 nitrogen and oxygen atoms in total. The maximum atomic E-state index is 12.0. The molecule has 0 atom stereocenters. The van der Waals surface area contributed by atoms with Crippen molar-refractivity contribution in [2.75, 3.05) is 18.8 Å². The summed E-state index contributed by atoms with van der Waals surface area (Å²) in [6, 6.07) is 7.89. The van der Waals surface area contributed by atoms with Crippen molar-refractivity contribution >= 4 is 29.6 Å². The molecular weight excluding hydrogens is 338 g/mol. The third kappa shape index (κ3) is 5.49. The van der Waals surface area contributed by atoms with Crippen LogP contribution >= 0.6 is 11.8 Å². The quantitative estimate of drug-likeness (QED) is 0.422. The number of hydrogen-bond donors (Lipinski definition) is 2. The minimum absolute atomic E-state index is 0.0594. The van der Waals surface area contributed by atoms with Gasteiger partial charge in [-0.2, -0.15) is 0 Å². The van der Waals surface area contributed by atoms with E-state index in [1.807, 2.05) is 0 Å². The highest BCUT2D eigenvalue weighted by atomic mass is 32.2. The Bertz CT molecular complexity index is 643. The van der Waals surface area contributed by atoms with Gasteiger partial charge in [-0.15, -0.1) is 11.8 Å². The van der Waals surface area contributed by atoms with Crippen molar-refractivity contribution in [3.63, 3.8) is 0 Å².